The van der Waals surface area contributed by atoms with Gasteiger partial charge < -0.3 is 14.9 Å². The lowest BCUT2D eigenvalue weighted by molar-refractivity contribution is 0.410. The lowest BCUT2D eigenvalue weighted by Gasteiger charge is -2.07. The smallest absolute Gasteiger partial charge is 0.123 e. The van der Waals surface area contributed by atoms with Crippen LogP contribution in [-0.2, 0) is 6.54 Å². The van der Waals surface area contributed by atoms with Crippen LogP contribution in [-0.4, -0.2) is 7.11 Å². The molecule has 2 aromatic rings. The third-order valence-electron chi connectivity index (χ3n) is 2.35. The Morgan fingerprint density at radius 1 is 1.27 bits per heavy atom. The summed E-state index contributed by atoms with van der Waals surface area (Å²) < 4.78 is 10.2. The average molecular weight is 203 g/mol. The lowest BCUT2D eigenvalue weighted by atomic mass is 10.1. The van der Waals surface area contributed by atoms with E-state index in [2.05, 4.69) is 0 Å². The predicted octanol–water partition coefficient (Wildman–Crippen LogP) is 2.41. The summed E-state index contributed by atoms with van der Waals surface area (Å²) in [6.07, 6.45) is 3.36. The fourth-order valence-electron chi connectivity index (χ4n) is 1.55. The summed E-state index contributed by atoms with van der Waals surface area (Å²) in [5.41, 5.74) is 8.78. The summed E-state index contributed by atoms with van der Waals surface area (Å²) >= 11 is 0. The molecule has 0 aliphatic rings. The number of rotatable bonds is 3. The van der Waals surface area contributed by atoms with Gasteiger partial charge in [-0.05, 0) is 23.8 Å². The summed E-state index contributed by atoms with van der Waals surface area (Å²) in [5, 5.41) is 0. The minimum Gasteiger partial charge on any atom is -0.496 e. The molecule has 2 N–H and O–H groups in total. The maximum absolute atomic E-state index is 5.65. The molecule has 1 heterocycles. The number of nitrogens with two attached hydrogens (primary N) is 1. The molecule has 0 saturated heterocycles. The van der Waals surface area contributed by atoms with Crippen molar-refractivity contribution in [3.8, 4) is 16.9 Å². The molecule has 1 aromatic heterocycles. The van der Waals surface area contributed by atoms with Crippen molar-refractivity contribution in [2.75, 3.05) is 7.11 Å². The largest absolute Gasteiger partial charge is 0.496 e. The normalized spacial score (nSPS) is 10.3. The molecule has 0 spiro atoms. The van der Waals surface area contributed by atoms with Crippen molar-refractivity contribution in [1.82, 2.24) is 0 Å². The van der Waals surface area contributed by atoms with Crippen LogP contribution in [0.15, 0.2) is 41.2 Å². The first-order chi connectivity index (χ1) is 7.35. The Hall–Kier alpha value is -1.74. The van der Waals surface area contributed by atoms with Crippen molar-refractivity contribution in [1.29, 1.82) is 0 Å². The number of furan rings is 1. The van der Waals surface area contributed by atoms with E-state index >= 15 is 0 Å². The van der Waals surface area contributed by atoms with E-state index in [1.807, 2.05) is 24.3 Å². The van der Waals surface area contributed by atoms with E-state index in [0.29, 0.717) is 6.54 Å². The molecule has 0 aliphatic heterocycles. The minimum atomic E-state index is 0.467. The minimum absolute atomic E-state index is 0.467. The van der Waals surface area contributed by atoms with Crippen LogP contribution < -0.4 is 10.5 Å². The van der Waals surface area contributed by atoms with Crippen molar-refractivity contribution in [3.63, 3.8) is 0 Å². The Bertz CT molecular complexity index is 435. The Balaban J connectivity index is 2.43. The molecule has 0 amide bonds. The molecule has 1 aromatic carbocycles. The Morgan fingerprint density at radius 2 is 2.13 bits per heavy atom. The fourth-order valence-corrected chi connectivity index (χ4v) is 1.55. The highest BCUT2D eigenvalue weighted by Gasteiger charge is 2.04. The van der Waals surface area contributed by atoms with Crippen LogP contribution in [0.5, 0.6) is 5.75 Å². The zero-order chi connectivity index (χ0) is 10.7. The number of methoxy groups -OCH3 is 1. The van der Waals surface area contributed by atoms with Gasteiger partial charge in [0.05, 0.1) is 19.6 Å². The molecule has 15 heavy (non-hydrogen) atoms. The highest BCUT2D eigenvalue weighted by Crippen LogP contribution is 2.26. The summed E-state index contributed by atoms with van der Waals surface area (Å²) in [6.45, 7) is 0.467. The first kappa shape index (κ1) is 9.80. The van der Waals surface area contributed by atoms with Gasteiger partial charge in [0, 0.05) is 17.7 Å². The average Bonchev–Trinajstić information content (AvgIpc) is 2.81. The number of benzene rings is 1. The molecule has 3 heteroatoms. The highest BCUT2D eigenvalue weighted by atomic mass is 16.5. The van der Waals surface area contributed by atoms with Gasteiger partial charge in [-0.25, -0.2) is 0 Å². The summed E-state index contributed by atoms with van der Waals surface area (Å²) in [4.78, 5) is 0. The Labute approximate surface area is 88.5 Å². The monoisotopic (exact) mass is 203 g/mol. The predicted molar refractivity (Wildman–Crippen MR) is 58.6 cm³/mol. The topological polar surface area (TPSA) is 48.4 Å². The van der Waals surface area contributed by atoms with E-state index in [1.165, 1.54) is 0 Å². The van der Waals surface area contributed by atoms with Crippen LogP contribution in [0.2, 0.25) is 0 Å². The quantitative estimate of drug-likeness (QED) is 0.833. The third kappa shape index (κ3) is 1.87. The number of hydrogen-bond donors (Lipinski definition) is 1. The van der Waals surface area contributed by atoms with Gasteiger partial charge in [0.15, 0.2) is 0 Å². The SMILES string of the molecule is COc1ccc(-c2ccoc2)cc1CN. The molecule has 0 aliphatic carbocycles. The van der Waals surface area contributed by atoms with Crippen LogP contribution in [0.1, 0.15) is 5.56 Å². The molecule has 0 bridgehead atoms. The Kier molecular flexibility index (Phi) is 2.74. The molecule has 2 rings (SSSR count). The van der Waals surface area contributed by atoms with Crippen molar-refractivity contribution < 1.29 is 9.15 Å². The van der Waals surface area contributed by atoms with E-state index in [0.717, 1.165) is 22.4 Å². The molecular weight excluding hydrogens is 190 g/mol. The first-order valence-corrected chi connectivity index (χ1v) is 4.74. The second-order valence-electron chi connectivity index (χ2n) is 3.24. The van der Waals surface area contributed by atoms with Gasteiger partial charge >= 0.3 is 0 Å². The standard InChI is InChI=1S/C12H13NO2/c1-14-12-3-2-9(6-11(12)7-13)10-4-5-15-8-10/h2-6,8H,7,13H2,1H3. The van der Waals surface area contributed by atoms with Crippen molar-refractivity contribution in [3.05, 3.63) is 42.4 Å². The van der Waals surface area contributed by atoms with Crippen LogP contribution >= 0.6 is 0 Å². The molecular formula is C12H13NO2. The van der Waals surface area contributed by atoms with E-state index in [-0.39, 0.29) is 0 Å². The second kappa shape index (κ2) is 4.19. The van der Waals surface area contributed by atoms with Gasteiger partial charge in [-0.1, -0.05) is 6.07 Å². The molecule has 0 unspecified atom stereocenters. The van der Waals surface area contributed by atoms with Crippen molar-refractivity contribution >= 4 is 0 Å². The molecule has 78 valence electrons. The van der Waals surface area contributed by atoms with Gasteiger partial charge in [-0.15, -0.1) is 0 Å². The molecule has 0 saturated carbocycles. The molecule has 0 fully saturated rings. The van der Waals surface area contributed by atoms with Crippen LogP contribution in [0, 0.1) is 0 Å². The second-order valence-corrected chi connectivity index (χ2v) is 3.24. The fraction of sp³-hybridized carbons (Fsp3) is 0.167. The van der Waals surface area contributed by atoms with E-state index in [4.69, 9.17) is 14.9 Å². The van der Waals surface area contributed by atoms with Crippen LogP contribution in [0.3, 0.4) is 0 Å². The molecule has 0 atom stereocenters. The van der Waals surface area contributed by atoms with Crippen LogP contribution in [0.4, 0.5) is 0 Å². The van der Waals surface area contributed by atoms with Crippen molar-refractivity contribution in [2.24, 2.45) is 5.73 Å². The lowest BCUT2D eigenvalue weighted by Crippen LogP contribution is -1.99. The highest BCUT2D eigenvalue weighted by molar-refractivity contribution is 5.64. The number of hydrogen-bond acceptors (Lipinski definition) is 3. The maximum atomic E-state index is 5.65. The first-order valence-electron chi connectivity index (χ1n) is 4.74. The van der Waals surface area contributed by atoms with E-state index in [1.54, 1.807) is 19.6 Å². The number of ether oxygens (including phenoxy) is 1. The van der Waals surface area contributed by atoms with E-state index < -0.39 is 0 Å². The third-order valence-corrected chi connectivity index (χ3v) is 2.35. The zero-order valence-corrected chi connectivity index (χ0v) is 8.57. The van der Waals surface area contributed by atoms with Gasteiger partial charge in [0.25, 0.3) is 0 Å². The summed E-state index contributed by atoms with van der Waals surface area (Å²) in [7, 11) is 1.64. The Morgan fingerprint density at radius 3 is 2.73 bits per heavy atom. The summed E-state index contributed by atoms with van der Waals surface area (Å²) in [5.74, 6) is 0.824. The molecule has 3 nitrogen and oxygen atoms in total. The van der Waals surface area contributed by atoms with Crippen LogP contribution in [0.25, 0.3) is 11.1 Å². The van der Waals surface area contributed by atoms with E-state index in [9.17, 15) is 0 Å². The maximum Gasteiger partial charge on any atom is 0.123 e. The van der Waals surface area contributed by atoms with Gasteiger partial charge in [0.2, 0.25) is 0 Å². The van der Waals surface area contributed by atoms with Gasteiger partial charge in [-0.3, -0.25) is 0 Å². The molecule has 0 radical (unpaired) electrons. The van der Waals surface area contributed by atoms with Crippen molar-refractivity contribution in [2.45, 2.75) is 6.54 Å². The summed E-state index contributed by atoms with van der Waals surface area (Å²) in [6, 6.07) is 7.85. The van der Waals surface area contributed by atoms with Gasteiger partial charge in [0.1, 0.15) is 5.75 Å². The zero-order valence-electron chi connectivity index (χ0n) is 8.57. The van der Waals surface area contributed by atoms with Gasteiger partial charge in [-0.2, -0.15) is 0 Å².